The highest BCUT2D eigenvalue weighted by Crippen LogP contribution is 2.34. The minimum Gasteiger partial charge on any atom is -0.481 e. The summed E-state index contributed by atoms with van der Waals surface area (Å²) in [7, 11) is 0. The average molecular weight is 296 g/mol. The van der Waals surface area contributed by atoms with Crippen molar-refractivity contribution in [2.45, 2.75) is 51.6 Å². The summed E-state index contributed by atoms with van der Waals surface area (Å²) < 4.78 is 0. The van der Waals surface area contributed by atoms with E-state index in [1.54, 1.807) is 11.3 Å². The molecule has 1 aliphatic rings. The van der Waals surface area contributed by atoms with Crippen molar-refractivity contribution in [3.63, 3.8) is 0 Å². The predicted molar refractivity (Wildman–Crippen MR) is 78.0 cm³/mol. The summed E-state index contributed by atoms with van der Waals surface area (Å²) in [5, 5.41) is 14.5. The van der Waals surface area contributed by atoms with Gasteiger partial charge in [-0.15, -0.1) is 11.3 Å². The second kappa shape index (κ2) is 5.83. The molecule has 1 fully saturated rings. The summed E-state index contributed by atoms with van der Waals surface area (Å²) >= 11 is 1.67. The number of aryl methyl sites for hydroxylation is 2. The van der Waals surface area contributed by atoms with Gasteiger partial charge in [-0.3, -0.25) is 4.79 Å². The topological polar surface area (TPSA) is 78.4 Å². The molecule has 5 nitrogen and oxygen atoms in total. The highest BCUT2D eigenvalue weighted by molar-refractivity contribution is 7.12. The quantitative estimate of drug-likeness (QED) is 0.781. The lowest BCUT2D eigenvalue weighted by atomic mass is 9.74. The smallest absolute Gasteiger partial charge is 0.315 e. The van der Waals surface area contributed by atoms with Crippen LogP contribution >= 0.6 is 11.3 Å². The van der Waals surface area contributed by atoms with Gasteiger partial charge in [-0.2, -0.15) is 0 Å². The van der Waals surface area contributed by atoms with Crippen molar-refractivity contribution in [3.05, 3.63) is 21.4 Å². The van der Waals surface area contributed by atoms with Crippen LogP contribution in [0, 0.1) is 13.8 Å². The largest absolute Gasteiger partial charge is 0.481 e. The molecule has 0 spiro atoms. The van der Waals surface area contributed by atoms with Crippen LogP contribution in [0.2, 0.25) is 0 Å². The molecule has 2 amide bonds. The highest BCUT2D eigenvalue weighted by Gasteiger charge is 2.40. The van der Waals surface area contributed by atoms with Crippen LogP contribution < -0.4 is 10.6 Å². The Morgan fingerprint density at radius 3 is 2.55 bits per heavy atom. The molecule has 1 aromatic rings. The van der Waals surface area contributed by atoms with Gasteiger partial charge in [0.25, 0.3) is 0 Å². The Morgan fingerprint density at radius 1 is 1.40 bits per heavy atom. The second-order valence-electron chi connectivity index (χ2n) is 5.46. The maximum atomic E-state index is 11.9. The van der Waals surface area contributed by atoms with Gasteiger partial charge in [0.05, 0.1) is 18.5 Å². The lowest BCUT2D eigenvalue weighted by Crippen LogP contribution is -2.57. The number of carboxylic acids is 1. The van der Waals surface area contributed by atoms with Gasteiger partial charge in [-0.1, -0.05) is 0 Å². The van der Waals surface area contributed by atoms with Gasteiger partial charge >= 0.3 is 12.0 Å². The monoisotopic (exact) mass is 296 g/mol. The number of rotatable bonds is 5. The normalized spacial score (nSPS) is 16.3. The van der Waals surface area contributed by atoms with Gasteiger partial charge in [0, 0.05) is 9.75 Å². The third kappa shape index (κ3) is 3.50. The number of amides is 2. The molecule has 1 aliphatic carbocycles. The molecule has 2 rings (SSSR count). The summed E-state index contributed by atoms with van der Waals surface area (Å²) in [4.78, 5) is 25.1. The molecule has 0 unspecified atom stereocenters. The van der Waals surface area contributed by atoms with E-state index in [1.807, 2.05) is 6.92 Å². The molecule has 0 aromatic carbocycles. The molecule has 3 N–H and O–H groups in total. The standard InChI is InChI=1S/C14H20N2O3S/c1-9-6-11(20-10(9)2)8-15-13(19)16-14(4-3-5-14)7-12(17)18/h6H,3-5,7-8H2,1-2H3,(H,17,18)(H2,15,16,19). The SMILES string of the molecule is Cc1cc(CNC(=O)NC2(CC(=O)O)CCC2)sc1C. The maximum absolute atomic E-state index is 11.9. The number of carbonyl (C=O) groups excluding carboxylic acids is 1. The molecule has 0 bridgehead atoms. The van der Waals surface area contributed by atoms with E-state index in [1.165, 1.54) is 10.4 Å². The summed E-state index contributed by atoms with van der Waals surface area (Å²) in [6, 6.07) is 1.78. The molecule has 0 radical (unpaired) electrons. The Morgan fingerprint density at radius 2 is 2.10 bits per heavy atom. The van der Waals surface area contributed by atoms with Gasteiger partial charge in [-0.05, 0) is 44.7 Å². The Kier molecular flexibility index (Phi) is 4.32. The molecule has 20 heavy (non-hydrogen) atoms. The van der Waals surface area contributed by atoms with Crippen molar-refractivity contribution in [1.82, 2.24) is 10.6 Å². The molecule has 1 aromatic heterocycles. The van der Waals surface area contributed by atoms with Gasteiger partial charge in [0.15, 0.2) is 0 Å². The van der Waals surface area contributed by atoms with Crippen molar-refractivity contribution in [1.29, 1.82) is 0 Å². The van der Waals surface area contributed by atoms with E-state index in [-0.39, 0.29) is 12.5 Å². The minimum atomic E-state index is -0.866. The van der Waals surface area contributed by atoms with Crippen molar-refractivity contribution in [2.75, 3.05) is 0 Å². The van der Waals surface area contributed by atoms with Crippen LogP contribution in [-0.4, -0.2) is 22.6 Å². The first-order chi connectivity index (χ1) is 9.40. The number of carbonyl (C=O) groups is 2. The van der Waals surface area contributed by atoms with E-state index < -0.39 is 11.5 Å². The zero-order valence-electron chi connectivity index (χ0n) is 11.8. The summed E-state index contributed by atoms with van der Waals surface area (Å²) in [6.45, 7) is 4.58. The van der Waals surface area contributed by atoms with Crippen LogP contribution in [0.5, 0.6) is 0 Å². The predicted octanol–water partition coefficient (Wildman–Crippen LogP) is 2.56. The van der Waals surface area contributed by atoms with Gasteiger partial charge < -0.3 is 15.7 Å². The summed E-state index contributed by atoms with van der Waals surface area (Å²) in [5.74, 6) is -0.866. The zero-order valence-corrected chi connectivity index (χ0v) is 12.6. The molecule has 110 valence electrons. The minimum absolute atomic E-state index is 0.00234. The fraction of sp³-hybridized carbons (Fsp3) is 0.571. The van der Waals surface area contributed by atoms with Crippen LogP contribution in [0.15, 0.2) is 6.07 Å². The molecule has 6 heteroatoms. The van der Waals surface area contributed by atoms with E-state index in [0.717, 1.165) is 24.1 Å². The van der Waals surface area contributed by atoms with Crippen molar-refractivity contribution < 1.29 is 14.7 Å². The Labute approximate surface area is 122 Å². The fourth-order valence-corrected chi connectivity index (χ4v) is 3.42. The highest BCUT2D eigenvalue weighted by atomic mass is 32.1. The lowest BCUT2D eigenvalue weighted by molar-refractivity contribution is -0.139. The number of hydrogen-bond donors (Lipinski definition) is 3. The summed E-state index contributed by atoms with van der Waals surface area (Å²) in [5.41, 5.74) is 0.686. The summed E-state index contributed by atoms with van der Waals surface area (Å²) in [6.07, 6.45) is 2.45. The van der Waals surface area contributed by atoms with E-state index >= 15 is 0 Å². The molecule has 1 saturated carbocycles. The Hall–Kier alpha value is -1.56. The van der Waals surface area contributed by atoms with Crippen LogP contribution in [0.3, 0.4) is 0 Å². The molecular formula is C14H20N2O3S. The van der Waals surface area contributed by atoms with Crippen LogP contribution in [-0.2, 0) is 11.3 Å². The maximum Gasteiger partial charge on any atom is 0.315 e. The van der Waals surface area contributed by atoms with E-state index in [4.69, 9.17) is 5.11 Å². The fourth-order valence-electron chi connectivity index (χ4n) is 2.43. The van der Waals surface area contributed by atoms with E-state index in [9.17, 15) is 9.59 Å². The van der Waals surface area contributed by atoms with Gasteiger partial charge in [0.1, 0.15) is 0 Å². The van der Waals surface area contributed by atoms with E-state index in [2.05, 4.69) is 23.6 Å². The Balaban J connectivity index is 1.84. The first-order valence-electron chi connectivity index (χ1n) is 6.74. The third-order valence-corrected chi connectivity index (χ3v) is 4.97. The van der Waals surface area contributed by atoms with Crippen LogP contribution in [0.1, 0.15) is 41.0 Å². The molecule has 0 aliphatic heterocycles. The van der Waals surface area contributed by atoms with Gasteiger partial charge in [0.2, 0.25) is 0 Å². The second-order valence-corrected chi connectivity index (χ2v) is 6.80. The van der Waals surface area contributed by atoms with E-state index in [0.29, 0.717) is 6.54 Å². The number of aliphatic carboxylic acids is 1. The zero-order chi connectivity index (χ0) is 14.8. The number of hydrogen-bond acceptors (Lipinski definition) is 3. The molecule has 0 atom stereocenters. The van der Waals surface area contributed by atoms with Crippen molar-refractivity contribution in [3.8, 4) is 0 Å². The number of nitrogens with one attached hydrogen (secondary N) is 2. The lowest BCUT2D eigenvalue weighted by Gasteiger charge is -2.41. The van der Waals surface area contributed by atoms with Gasteiger partial charge in [-0.25, -0.2) is 4.79 Å². The first-order valence-corrected chi connectivity index (χ1v) is 7.56. The van der Waals surface area contributed by atoms with Crippen molar-refractivity contribution >= 4 is 23.3 Å². The first kappa shape index (κ1) is 14.8. The number of urea groups is 1. The molecule has 1 heterocycles. The third-order valence-electron chi connectivity index (χ3n) is 3.82. The molecule has 0 saturated heterocycles. The number of thiophene rings is 1. The molecular weight excluding hydrogens is 276 g/mol. The average Bonchev–Trinajstić information content (AvgIpc) is 2.63. The number of carboxylic acid groups (broad SMARTS) is 1. The van der Waals surface area contributed by atoms with Crippen molar-refractivity contribution in [2.24, 2.45) is 0 Å². The van der Waals surface area contributed by atoms with Crippen LogP contribution in [0.4, 0.5) is 4.79 Å². The Bertz CT molecular complexity index is 501. The van der Waals surface area contributed by atoms with Crippen LogP contribution in [0.25, 0.3) is 0 Å².